The predicted molar refractivity (Wildman–Crippen MR) is 128 cm³/mol. The molecule has 1 rings (SSSR count). The Balaban J connectivity index is 0. The first-order valence-corrected chi connectivity index (χ1v) is 13.0. The number of nitrogens with zero attached hydrogens (tertiary/aromatic N) is 2. The van der Waals surface area contributed by atoms with E-state index in [1.807, 2.05) is 20.8 Å². The Bertz CT molecular complexity index is 428. The van der Waals surface area contributed by atoms with Crippen LogP contribution in [-0.4, -0.2) is 65.5 Å². The summed E-state index contributed by atoms with van der Waals surface area (Å²) in [5.74, 6) is -0.146. The fourth-order valence-electron chi connectivity index (χ4n) is 3.22. The maximum Gasteiger partial charge on any atom is 0.295 e. The van der Waals surface area contributed by atoms with Gasteiger partial charge in [0.15, 0.2) is 0 Å². The van der Waals surface area contributed by atoms with Gasteiger partial charge < -0.3 is 15.1 Å². The fraction of sp³-hybridized carbons (Fsp3) is 0.958. The molecule has 0 aromatic heterocycles. The summed E-state index contributed by atoms with van der Waals surface area (Å²) in [6, 6.07) is 0.499. The summed E-state index contributed by atoms with van der Waals surface area (Å²) in [7, 11) is 0. The summed E-state index contributed by atoms with van der Waals surface area (Å²) in [4.78, 5) is 20.4. The molecule has 0 amide bonds. The molecule has 4 unspecified atom stereocenters. The molecule has 0 saturated carbocycles. The van der Waals surface area contributed by atoms with Crippen LogP contribution in [0.25, 0.3) is 5.48 Å². The van der Waals surface area contributed by atoms with Gasteiger partial charge in [-0.2, -0.15) is 0 Å². The monoisotopic (exact) mass is 528 g/mol. The third-order valence-corrected chi connectivity index (χ3v) is 5.94. The van der Waals surface area contributed by atoms with Crippen LogP contribution in [0.3, 0.4) is 0 Å². The number of carbonyl (C=O) groups excluding carboxylic acids is 1. The van der Waals surface area contributed by atoms with E-state index < -0.39 is 4.28 Å². The second-order valence-electron chi connectivity index (χ2n) is 8.64. The molecule has 31 heavy (non-hydrogen) atoms. The third-order valence-electron chi connectivity index (χ3n) is 5.42. The molecular formula is C24H48AlN2O3Y-. The van der Waals surface area contributed by atoms with Gasteiger partial charge in [0.2, 0.25) is 0 Å². The van der Waals surface area contributed by atoms with Crippen LogP contribution in [0.2, 0.25) is 4.28 Å². The van der Waals surface area contributed by atoms with Crippen molar-refractivity contribution in [3.63, 3.8) is 0 Å². The van der Waals surface area contributed by atoms with Crippen molar-refractivity contribution in [3.8, 4) is 0 Å². The van der Waals surface area contributed by atoms with E-state index in [-0.39, 0.29) is 44.7 Å². The Morgan fingerprint density at radius 2 is 1.65 bits per heavy atom. The van der Waals surface area contributed by atoms with Crippen molar-refractivity contribution in [3.05, 3.63) is 5.48 Å². The molecule has 0 aliphatic carbocycles. The first kappa shape index (κ1) is 34.2. The Labute approximate surface area is 226 Å². The smallest absolute Gasteiger partial charge is 0.295 e. The van der Waals surface area contributed by atoms with E-state index in [1.165, 1.54) is 44.9 Å². The average Bonchev–Trinajstić information content (AvgIpc) is 3.44. The van der Waals surface area contributed by atoms with Gasteiger partial charge in [0, 0.05) is 51.9 Å². The molecule has 7 heteroatoms. The molecular weight excluding hydrogens is 480 g/mol. The van der Waals surface area contributed by atoms with E-state index in [0.717, 1.165) is 32.4 Å². The maximum atomic E-state index is 12.5. The van der Waals surface area contributed by atoms with Crippen molar-refractivity contribution in [1.29, 1.82) is 0 Å². The van der Waals surface area contributed by atoms with Crippen LogP contribution in [0.1, 0.15) is 106 Å². The quantitative estimate of drug-likeness (QED) is 0.0697. The molecule has 4 atom stereocenters. The standard InChI is InChI=1S/C22H42N2O3.C2H6.Al.Y/c1-5-7-9-11-13-15-27-23-21(17-24-16-20(24)4)18-26-22(25)19(3)14-12-10-8-6-2;1-2;;/h20-21H,5-18H2,1-4H3;1-2H3;;/q-1;;;. The molecule has 1 aliphatic rings. The van der Waals surface area contributed by atoms with Crippen molar-refractivity contribution in [1.82, 2.24) is 4.90 Å². The number of esters is 1. The van der Waals surface area contributed by atoms with Gasteiger partial charge in [-0.3, -0.25) is 9.69 Å². The molecule has 1 saturated heterocycles. The molecule has 5 nitrogen and oxygen atoms in total. The first-order valence-electron chi connectivity index (χ1n) is 12.4. The second kappa shape index (κ2) is 21.5. The zero-order valence-corrected chi connectivity index (χ0v) is 25.3. The normalized spacial score (nSPS) is 19.9. The molecule has 1 fully saturated rings. The molecule has 1 aliphatic heterocycles. The van der Waals surface area contributed by atoms with E-state index in [9.17, 15) is 4.79 Å². The topological polar surface area (TPSA) is 52.6 Å². The fourth-order valence-corrected chi connectivity index (χ4v) is 3.51. The van der Waals surface area contributed by atoms with Gasteiger partial charge in [-0.05, 0) is 24.2 Å². The second-order valence-corrected chi connectivity index (χ2v) is 9.91. The Morgan fingerprint density at radius 1 is 1.10 bits per heavy atom. The van der Waals surface area contributed by atoms with Gasteiger partial charge in [-0.1, -0.05) is 98.4 Å². The maximum absolute atomic E-state index is 12.5. The molecule has 1 heterocycles. The van der Waals surface area contributed by atoms with E-state index in [2.05, 4.69) is 47.4 Å². The first-order chi connectivity index (χ1) is 14.4. The van der Waals surface area contributed by atoms with Gasteiger partial charge in [0.1, 0.15) is 16.3 Å². The minimum atomic E-state index is -0.508. The summed E-state index contributed by atoms with van der Waals surface area (Å²) in [6.07, 6.45) is 11.5. The number of unbranched alkanes of at least 4 members (excludes halogenated alkanes) is 7. The number of carbonyl (C=O) groups is 1. The number of hydroxylamine groups is 1. The summed E-state index contributed by atoms with van der Waals surface area (Å²) >= 11 is 2.69. The Kier molecular flexibility index (Phi) is 23.7. The van der Waals surface area contributed by atoms with E-state index in [1.54, 1.807) is 0 Å². The van der Waals surface area contributed by atoms with Crippen molar-refractivity contribution in [2.24, 2.45) is 0 Å². The molecule has 0 bridgehead atoms. The third kappa shape index (κ3) is 18.0. The number of hydrogen-bond acceptors (Lipinski definition) is 4. The van der Waals surface area contributed by atoms with Gasteiger partial charge >= 0.3 is 0 Å². The summed E-state index contributed by atoms with van der Waals surface area (Å²) in [5.41, 5.74) is 4.37. The molecule has 0 N–H and O–H groups in total. The van der Waals surface area contributed by atoms with E-state index >= 15 is 0 Å². The molecule has 0 spiro atoms. The molecule has 3 radical (unpaired) electrons. The Morgan fingerprint density at radius 3 is 2.19 bits per heavy atom. The van der Waals surface area contributed by atoms with Crippen LogP contribution in [0.4, 0.5) is 0 Å². The van der Waals surface area contributed by atoms with Crippen molar-refractivity contribution in [2.75, 3.05) is 26.3 Å². The zero-order chi connectivity index (χ0) is 22.8. The average molecular weight is 529 g/mol. The zero-order valence-electron chi connectivity index (χ0n) is 21.3. The van der Waals surface area contributed by atoms with Crippen LogP contribution in [-0.2, 0) is 47.1 Å². The number of hydrogen-bond donors (Lipinski definition) is 0. The van der Waals surface area contributed by atoms with Gasteiger partial charge in [-0.15, -0.1) is 0 Å². The predicted octanol–water partition coefficient (Wildman–Crippen LogP) is 6.22. The van der Waals surface area contributed by atoms with Crippen LogP contribution in [0, 0.1) is 0 Å². The van der Waals surface area contributed by atoms with Crippen LogP contribution >= 0.6 is 0 Å². The minimum Gasteiger partial charge on any atom is -0.528 e. The summed E-state index contributed by atoms with van der Waals surface area (Å²) < 4.78 is 5.13. The summed E-state index contributed by atoms with van der Waals surface area (Å²) in [5, 5.41) is 0. The van der Waals surface area contributed by atoms with Crippen LogP contribution in [0.5, 0.6) is 0 Å². The van der Waals surface area contributed by atoms with E-state index in [0.29, 0.717) is 19.3 Å². The molecule has 179 valence electrons. The largest absolute Gasteiger partial charge is 0.528 e. The van der Waals surface area contributed by atoms with Gasteiger partial charge in [-0.25, -0.2) is 0 Å². The van der Waals surface area contributed by atoms with Crippen LogP contribution in [0.15, 0.2) is 0 Å². The van der Waals surface area contributed by atoms with Crippen molar-refractivity contribution in [2.45, 2.75) is 122 Å². The minimum absolute atomic E-state index is 0. The van der Waals surface area contributed by atoms with Crippen molar-refractivity contribution < 1.29 is 47.1 Å². The summed E-state index contributed by atoms with van der Waals surface area (Å²) in [6.45, 7) is 15.4. The van der Waals surface area contributed by atoms with Gasteiger partial charge in [0.25, 0.3) is 5.97 Å². The SMILES string of the molecule is CC.CCCCCCCO[N-]C(COC(=O)[C](C)([Al])CCCCCC)CN1CC1C.[Y]. The van der Waals surface area contributed by atoms with E-state index in [4.69, 9.17) is 9.57 Å². The number of ether oxygens (including phenoxy) is 1. The van der Waals surface area contributed by atoms with Gasteiger partial charge in [0.05, 0.1) is 6.61 Å². The Hall–Kier alpha value is 0.986. The molecule has 0 aromatic rings. The van der Waals surface area contributed by atoms with Crippen LogP contribution < -0.4 is 0 Å². The number of rotatable bonds is 18. The molecule has 0 aromatic carbocycles. The van der Waals surface area contributed by atoms with Crippen molar-refractivity contribution >= 4 is 22.3 Å².